The zero-order valence-corrected chi connectivity index (χ0v) is 13.1. The van der Waals surface area contributed by atoms with Crippen molar-refractivity contribution in [2.45, 2.75) is 26.8 Å². The van der Waals surface area contributed by atoms with Crippen molar-refractivity contribution in [1.29, 1.82) is 0 Å². The third-order valence-corrected chi connectivity index (χ3v) is 3.85. The number of morpholine rings is 1. The standard InChI is InChI=1S/C16H20N4O2/c1-11-8-12(2)20(18-11)15-5-4-14(9-17-15)16(21)19-6-7-22-10-13(19)3/h4-5,8-9,13H,6-7,10H2,1-3H3/t13-/m0/s1. The van der Waals surface area contributed by atoms with Gasteiger partial charge in [0.2, 0.25) is 0 Å². The van der Waals surface area contributed by atoms with Crippen LogP contribution in [0.3, 0.4) is 0 Å². The van der Waals surface area contributed by atoms with E-state index in [-0.39, 0.29) is 11.9 Å². The lowest BCUT2D eigenvalue weighted by molar-refractivity contribution is 0.00357. The first-order valence-corrected chi connectivity index (χ1v) is 7.44. The quantitative estimate of drug-likeness (QED) is 0.847. The molecule has 2 aromatic rings. The average molecular weight is 300 g/mol. The molecule has 0 radical (unpaired) electrons. The third kappa shape index (κ3) is 2.74. The van der Waals surface area contributed by atoms with Crippen LogP contribution >= 0.6 is 0 Å². The molecule has 0 spiro atoms. The number of hydrogen-bond donors (Lipinski definition) is 0. The molecule has 0 N–H and O–H groups in total. The first kappa shape index (κ1) is 14.7. The van der Waals surface area contributed by atoms with E-state index in [0.717, 1.165) is 17.2 Å². The Morgan fingerprint density at radius 1 is 1.36 bits per heavy atom. The molecule has 1 amide bonds. The molecule has 22 heavy (non-hydrogen) atoms. The van der Waals surface area contributed by atoms with E-state index in [2.05, 4.69) is 10.1 Å². The van der Waals surface area contributed by atoms with E-state index < -0.39 is 0 Å². The normalized spacial score (nSPS) is 18.5. The van der Waals surface area contributed by atoms with Gasteiger partial charge in [-0.1, -0.05) is 0 Å². The van der Waals surface area contributed by atoms with Crippen molar-refractivity contribution in [3.63, 3.8) is 0 Å². The van der Waals surface area contributed by atoms with E-state index >= 15 is 0 Å². The Labute approximate surface area is 129 Å². The summed E-state index contributed by atoms with van der Waals surface area (Å²) in [5, 5.41) is 4.40. The molecule has 3 heterocycles. The van der Waals surface area contributed by atoms with Gasteiger partial charge >= 0.3 is 0 Å². The fourth-order valence-electron chi connectivity index (χ4n) is 2.69. The monoisotopic (exact) mass is 300 g/mol. The van der Waals surface area contributed by atoms with E-state index in [1.54, 1.807) is 10.9 Å². The maximum Gasteiger partial charge on any atom is 0.255 e. The number of aryl methyl sites for hydroxylation is 2. The lowest BCUT2D eigenvalue weighted by Crippen LogP contribution is -2.47. The van der Waals surface area contributed by atoms with Crippen molar-refractivity contribution in [3.05, 3.63) is 41.3 Å². The summed E-state index contributed by atoms with van der Waals surface area (Å²) in [6.07, 6.45) is 1.62. The van der Waals surface area contributed by atoms with Gasteiger partial charge < -0.3 is 9.64 Å². The lowest BCUT2D eigenvalue weighted by atomic mass is 10.2. The highest BCUT2D eigenvalue weighted by Crippen LogP contribution is 2.14. The van der Waals surface area contributed by atoms with E-state index in [1.807, 2.05) is 43.9 Å². The Bertz CT molecular complexity index is 678. The molecular weight excluding hydrogens is 280 g/mol. The summed E-state index contributed by atoms with van der Waals surface area (Å²) in [5.74, 6) is 0.723. The van der Waals surface area contributed by atoms with Crippen LogP contribution < -0.4 is 0 Å². The summed E-state index contributed by atoms with van der Waals surface area (Å²) in [6.45, 7) is 7.72. The van der Waals surface area contributed by atoms with Crippen LogP contribution in [0.5, 0.6) is 0 Å². The molecule has 116 valence electrons. The number of hydrogen-bond acceptors (Lipinski definition) is 4. The maximum absolute atomic E-state index is 12.5. The Kier molecular flexibility index (Phi) is 3.94. The summed E-state index contributed by atoms with van der Waals surface area (Å²) in [5.41, 5.74) is 2.56. The van der Waals surface area contributed by atoms with E-state index in [9.17, 15) is 4.79 Å². The van der Waals surface area contributed by atoms with Crippen LogP contribution in [0, 0.1) is 13.8 Å². The predicted molar refractivity (Wildman–Crippen MR) is 82.2 cm³/mol. The second-order valence-electron chi connectivity index (χ2n) is 5.67. The van der Waals surface area contributed by atoms with Gasteiger partial charge in [0.25, 0.3) is 5.91 Å². The SMILES string of the molecule is Cc1cc(C)n(-c2ccc(C(=O)N3CCOC[C@@H]3C)cn2)n1. The molecule has 1 saturated heterocycles. The first-order chi connectivity index (χ1) is 10.6. The summed E-state index contributed by atoms with van der Waals surface area (Å²) in [6, 6.07) is 5.73. The van der Waals surface area contributed by atoms with Crippen LogP contribution in [0.1, 0.15) is 28.7 Å². The zero-order chi connectivity index (χ0) is 15.7. The molecule has 1 aliphatic heterocycles. The number of ether oxygens (including phenoxy) is 1. The van der Waals surface area contributed by atoms with Gasteiger partial charge in [0.1, 0.15) is 0 Å². The molecule has 1 atom stereocenters. The van der Waals surface area contributed by atoms with Gasteiger partial charge in [-0.25, -0.2) is 9.67 Å². The highest BCUT2D eigenvalue weighted by atomic mass is 16.5. The zero-order valence-electron chi connectivity index (χ0n) is 13.1. The lowest BCUT2D eigenvalue weighted by Gasteiger charge is -2.33. The molecule has 6 nitrogen and oxygen atoms in total. The maximum atomic E-state index is 12.5. The summed E-state index contributed by atoms with van der Waals surface area (Å²) in [4.78, 5) is 18.8. The molecule has 0 bridgehead atoms. The minimum Gasteiger partial charge on any atom is -0.377 e. The smallest absolute Gasteiger partial charge is 0.255 e. The van der Waals surface area contributed by atoms with Crippen LogP contribution in [-0.4, -0.2) is 51.4 Å². The Balaban J connectivity index is 1.82. The molecule has 6 heteroatoms. The van der Waals surface area contributed by atoms with E-state index in [0.29, 0.717) is 25.3 Å². The highest BCUT2D eigenvalue weighted by Gasteiger charge is 2.24. The van der Waals surface area contributed by atoms with Crippen molar-refractivity contribution in [2.24, 2.45) is 0 Å². The second-order valence-corrected chi connectivity index (χ2v) is 5.67. The highest BCUT2D eigenvalue weighted by molar-refractivity contribution is 5.94. The first-order valence-electron chi connectivity index (χ1n) is 7.44. The van der Waals surface area contributed by atoms with Gasteiger partial charge in [0.15, 0.2) is 5.82 Å². The number of aromatic nitrogens is 3. The van der Waals surface area contributed by atoms with Gasteiger partial charge in [-0.3, -0.25) is 4.79 Å². The van der Waals surface area contributed by atoms with Crippen LogP contribution in [0.2, 0.25) is 0 Å². The average Bonchev–Trinajstić information content (AvgIpc) is 2.86. The van der Waals surface area contributed by atoms with E-state index in [1.165, 1.54) is 0 Å². The fourth-order valence-corrected chi connectivity index (χ4v) is 2.69. The van der Waals surface area contributed by atoms with E-state index in [4.69, 9.17) is 4.74 Å². The van der Waals surface area contributed by atoms with Crippen LogP contribution in [0.4, 0.5) is 0 Å². The van der Waals surface area contributed by atoms with Gasteiger partial charge in [0.05, 0.1) is 30.5 Å². The number of carbonyl (C=O) groups is 1. The van der Waals surface area contributed by atoms with Crippen molar-refractivity contribution < 1.29 is 9.53 Å². The molecule has 0 aromatic carbocycles. The number of pyridine rings is 1. The molecule has 1 aliphatic rings. The number of rotatable bonds is 2. The predicted octanol–water partition coefficient (Wildman–Crippen LogP) is 1.75. The van der Waals surface area contributed by atoms with Crippen molar-refractivity contribution in [3.8, 4) is 5.82 Å². The molecule has 3 rings (SSSR count). The minimum absolute atomic E-state index is 0.00298. The fraction of sp³-hybridized carbons (Fsp3) is 0.438. The van der Waals surface area contributed by atoms with Crippen LogP contribution in [0.25, 0.3) is 5.82 Å². The number of amides is 1. The minimum atomic E-state index is 0.00298. The molecule has 1 fully saturated rings. The van der Waals surface area contributed by atoms with Crippen molar-refractivity contribution in [1.82, 2.24) is 19.7 Å². The van der Waals surface area contributed by atoms with Crippen LogP contribution in [0.15, 0.2) is 24.4 Å². The summed E-state index contributed by atoms with van der Waals surface area (Å²) >= 11 is 0. The summed E-state index contributed by atoms with van der Waals surface area (Å²) in [7, 11) is 0. The second kappa shape index (κ2) is 5.88. The number of carbonyl (C=O) groups excluding carboxylic acids is 1. The van der Waals surface area contributed by atoms with Crippen molar-refractivity contribution >= 4 is 5.91 Å². The topological polar surface area (TPSA) is 60.2 Å². The molecule has 0 saturated carbocycles. The molecule has 0 unspecified atom stereocenters. The van der Waals surface area contributed by atoms with Gasteiger partial charge in [0, 0.05) is 18.4 Å². The molecular formula is C16H20N4O2. The third-order valence-electron chi connectivity index (χ3n) is 3.85. The Hall–Kier alpha value is -2.21. The number of nitrogens with zero attached hydrogens (tertiary/aromatic N) is 4. The van der Waals surface area contributed by atoms with Crippen LogP contribution in [-0.2, 0) is 4.74 Å². The molecule has 2 aromatic heterocycles. The van der Waals surface area contributed by atoms with Gasteiger partial charge in [-0.2, -0.15) is 5.10 Å². The Morgan fingerprint density at radius 3 is 2.77 bits per heavy atom. The largest absolute Gasteiger partial charge is 0.377 e. The Morgan fingerprint density at radius 2 is 2.18 bits per heavy atom. The summed E-state index contributed by atoms with van der Waals surface area (Å²) < 4.78 is 7.15. The molecule has 0 aliphatic carbocycles. The van der Waals surface area contributed by atoms with Gasteiger partial charge in [-0.15, -0.1) is 0 Å². The van der Waals surface area contributed by atoms with Crippen molar-refractivity contribution in [2.75, 3.05) is 19.8 Å². The van der Waals surface area contributed by atoms with Gasteiger partial charge in [-0.05, 0) is 39.0 Å².